The third-order valence-corrected chi connectivity index (χ3v) is 4.83. The first-order chi connectivity index (χ1) is 11.4. The molecule has 0 N–H and O–H groups in total. The number of amides is 1. The monoisotopic (exact) mass is 348 g/mol. The average Bonchev–Trinajstić information content (AvgIpc) is 3.16. The molecular weight excluding hydrogens is 324 g/mol. The summed E-state index contributed by atoms with van der Waals surface area (Å²) >= 11 is 1.59. The van der Waals surface area contributed by atoms with Crippen molar-refractivity contribution >= 4 is 17.2 Å². The van der Waals surface area contributed by atoms with E-state index in [0.29, 0.717) is 24.7 Å². The van der Waals surface area contributed by atoms with Gasteiger partial charge in [-0.1, -0.05) is 32.0 Å². The van der Waals surface area contributed by atoms with E-state index in [1.807, 2.05) is 22.4 Å². The first kappa shape index (κ1) is 17.1. The molecular formula is C17H24N4O2S. The zero-order valence-corrected chi connectivity index (χ0v) is 15.3. The summed E-state index contributed by atoms with van der Waals surface area (Å²) in [7, 11) is 0. The van der Waals surface area contributed by atoms with Crippen LogP contribution in [0.25, 0.3) is 10.8 Å². The first-order valence-corrected chi connectivity index (χ1v) is 9.15. The molecule has 0 aliphatic carbocycles. The van der Waals surface area contributed by atoms with Crippen molar-refractivity contribution in [2.24, 2.45) is 5.41 Å². The van der Waals surface area contributed by atoms with Crippen molar-refractivity contribution in [3.05, 3.63) is 23.3 Å². The molecule has 0 saturated carbocycles. The standard InChI is InChI=1S/C17H24N4O2S/c1-17(2,3)11-15(22)21-8-6-20(7-9-21)12-14-18-16(23-19-14)13-5-4-10-24-13/h4-5,10H,6-9,11-12H2,1-3H3. The third-order valence-electron chi connectivity index (χ3n) is 3.97. The molecule has 0 bridgehead atoms. The highest BCUT2D eigenvalue weighted by molar-refractivity contribution is 7.13. The fraction of sp³-hybridized carbons (Fsp3) is 0.588. The van der Waals surface area contributed by atoms with Gasteiger partial charge >= 0.3 is 0 Å². The maximum atomic E-state index is 12.3. The molecule has 1 saturated heterocycles. The smallest absolute Gasteiger partial charge is 0.268 e. The van der Waals surface area contributed by atoms with Crippen molar-refractivity contribution in [2.75, 3.05) is 26.2 Å². The molecule has 24 heavy (non-hydrogen) atoms. The minimum atomic E-state index is 0.0387. The van der Waals surface area contributed by atoms with Gasteiger partial charge in [-0.2, -0.15) is 4.98 Å². The number of carbonyl (C=O) groups excluding carboxylic acids is 1. The van der Waals surface area contributed by atoms with Crippen LogP contribution in [0.3, 0.4) is 0 Å². The Morgan fingerprint density at radius 2 is 2.04 bits per heavy atom. The highest BCUT2D eigenvalue weighted by Crippen LogP contribution is 2.23. The molecule has 6 nitrogen and oxygen atoms in total. The van der Waals surface area contributed by atoms with Gasteiger partial charge in [-0.15, -0.1) is 11.3 Å². The summed E-state index contributed by atoms with van der Waals surface area (Å²) < 4.78 is 5.32. The van der Waals surface area contributed by atoms with E-state index in [4.69, 9.17) is 4.52 Å². The summed E-state index contributed by atoms with van der Waals surface area (Å²) in [6.07, 6.45) is 0.599. The molecule has 1 fully saturated rings. The molecule has 1 amide bonds. The second-order valence-electron chi connectivity index (χ2n) is 7.39. The second kappa shape index (κ2) is 7.03. The van der Waals surface area contributed by atoms with Gasteiger partial charge in [0, 0.05) is 32.6 Å². The molecule has 1 aliphatic rings. The van der Waals surface area contributed by atoms with Gasteiger partial charge in [-0.3, -0.25) is 9.69 Å². The topological polar surface area (TPSA) is 62.5 Å². The molecule has 1 aliphatic heterocycles. The Morgan fingerprint density at radius 1 is 1.29 bits per heavy atom. The van der Waals surface area contributed by atoms with Gasteiger partial charge in [0.1, 0.15) is 0 Å². The van der Waals surface area contributed by atoms with Crippen LogP contribution in [0.1, 0.15) is 33.0 Å². The average molecular weight is 348 g/mol. The van der Waals surface area contributed by atoms with E-state index in [0.717, 1.165) is 31.1 Å². The minimum absolute atomic E-state index is 0.0387. The number of hydrogen-bond donors (Lipinski definition) is 0. The van der Waals surface area contributed by atoms with Crippen molar-refractivity contribution in [1.82, 2.24) is 19.9 Å². The molecule has 0 atom stereocenters. The number of nitrogens with zero attached hydrogens (tertiary/aromatic N) is 4. The van der Waals surface area contributed by atoms with Crippen LogP contribution in [0.15, 0.2) is 22.0 Å². The minimum Gasteiger partial charge on any atom is -0.340 e. The quantitative estimate of drug-likeness (QED) is 0.850. The van der Waals surface area contributed by atoms with Crippen LogP contribution < -0.4 is 0 Å². The number of hydrogen-bond acceptors (Lipinski definition) is 6. The van der Waals surface area contributed by atoms with Crippen LogP contribution >= 0.6 is 11.3 Å². The Bertz CT molecular complexity index is 667. The number of rotatable bonds is 4. The van der Waals surface area contributed by atoms with Gasteiger partial charge in [-0.25, -0.2) is 0 Å². The van der Waals surface area contributed by atoms with Crippen molar-refractivity contribution in [2.45, 2.75) is 33.7 Å². The molecule has 0 radical (unpaired) electrons. The highest BCUT2D eigenvalue weighted by Gasteiger charge is 2.25. The first-order valence-electron chi connectivity index (χ1n) is 8.27. The molecule has 3 heterocycles. The van der Waals surface area contributed by atoms with E-state index < -0.39 is 0 Å². The lowest BCUT2D eigenvalue weighted by Crippen LogP contribution is -2.49. The van der Waals surface area contributed by atoms with Gasteiger partial charge < -0.3 is 9.42 Å². The summed E-state index contributed by atoms with van der Waals surface area (Å²) in [6, 6.07) is 3.94. The Balaban J connectivity index is 1.50. The largest absolute Gasteiger partial charge is 0.340 e. The SMILES string of the molecule is CC(C)(C)CC(=O)N1CCN(Cc2noc(-c3cccs3)n2)CC1. The maximum Gasteiger partial charge on any atom is 0.268 e. The van der Waals surface area contributed by atoms with E-state index in [2.05, 4.69) is 35.8 Å². The summed E-state index contributed by atoms with van der Waals surface area (Å²) in [5, 5.41) is 6.06. The molecule has 3 rings (SSSR count). The van der Waals surface area contributed by atoms with Crippen LogP contribution in [0.5, 0.6) is 0 Å². The normalized spacial score (nSPS) is 16.5. The second-order valence-corrected chi connectivity index (χ2v) is 8.34. The molecule has 7 heteroatoms. The number of piperazine rings is 1. The van der Waals surface area contributed by atoms with E-state index in [1.54, 1.807) is 11.3 Å². The van der Waals surface area contributed by atoms with Gasteiger partial charge in [0.2, 0.25) is 5.91 Å². The Labute approximate surface area is 146 Å². The number of thiophene rings is 1. The lowest BCUT2D eigenvalue weighted by atomic mass is 9.91. The maximum absolute atomic E-state index is 12.3. The van der Waals surface area contributed by atoms with Crippen LogP contribution in [-0.4, -0.2) is 52.0 Å². The fourth-order valence-electron chi connectivity index (χ4n) is 2.74. The molecule has 2 aromatic heterocycles. The highest BCUT2D eigenvalue weighted by atomic mass is 32.1. The predicted molar refractivity (Wildman–Crippen MR) is 93.5 cm³/mol. The van der Waals surface area contributed by atoms with E-state index in [9.17, 15) is 4.79 Å². The molecule has 0 spiro atoms. The van der Waals surface area contributed by atoms with Gasteiger partial charge in [0.15, 0.2) is 5.82 Å². The lowest BCUT2D eigenvalue weighted by molar-refractivity contribution is -0.134. The van der Waals surface area contributed by atoms with Crippen molar-refractivity contribution in [1.29, 1.82) is 0 Å². The van der Waals surface area contributed by atoms with Crippen LogP contribution in [0, 0.1) is 5.41 Å². The summed E-state index contributed by atoms with van der Waals surface area (Å²) in [6.45, 7) is 10.2. The van der Waals surface area contributed by atoms with Gasteiger partial charge in [0.25, 0.3) is 5.89 Å². The van der Waals surface area contributed by atoms with Crippen LogP contribution in [-0.2, 0) is 11.3 Å². The Hall–Kier alpha value is -1.73. The van der Waals surface area contributed by atoms with Crippen LogP contribution in [0.4, 0.5) is 0 Å². The Kier molecular flexibility index (Phi) is 5.01. The lowest BCUT2D eigenvalue weighted by Gasteiger charge is -2.35. The zero-order valence-electron chi connectivity index (χ0n) is 14.5. The molecule has 2 aromatic rings. The summed E-state index contributed by atoms with van der Waals surface area (Å²) in [5.41, 5.74) is 0.0387. The van der Waals surface area contributed by atoms with Crippen molar-refractivity contribution < 1.29 is 9.32 Å². The number of carbonyl (C=O) groups is 1. The van der Waals surface area contributed by atoms with Crippen molar-refractivity contribution in [3.63, 3.8) is 0 Å². The van der Waals surface area contributed by atoms with E-state index in [-0.39, 0.29) is 11.3 Å². The summed E-state index contributed by atoms with van der Waals surface area (Å²) in [4.78, 5) is 22.0. The van der Waals surface area contributed by atoms with Gasteiger partial charge in [0.05, 0.1) is 11.4 Å². The Morgan fingerprint density at radius 3 is 2.67 bits per heavy atom. The van der Waals surface area contributed by atoms with Gasteiger partial charge in [-0.05, 0) is 16.9 Å². The third kappa shape index (κ3) is 4.42. The van der Waals surface area contributed by atoms with Crippen LogP contribution in [0.2, 0.25) is 0 Å². The summed E-state index contributed by atoms with van der Waals surface area (Å²) in [5.74, 6) is 1.54. The van der Waals surface area contributed by atoms with Crippen molar-refractivity contribution in [3.8, 4) is 10.8 Å². The molecule has 130 valence electrons. The predicted octanol–water partition coefficient (Wildman–Crippen LogP) is 2.88. The van der Waals surface area contributed by atoms with E-state index >= 15 is 0 Å². The number of aromatic nitrogens is 2. The molecule has 0 aromatic carbocycles. The molecule has 0 unspecified atom stereocenters. The zero-order chi connectivity index (χ0) is 17.2. The fourth-order valence-corrected chi connectivity index (χ4v) is 3.38. The van der Waals surface area contributed by atoms with E-state index in [1.165, 1.54) is 0 Å².